The molecular weight excluding hydrogens is 275 g/mol. The number of hydrogen-bond donors (Lipinski definition) is 1. The summed E-state index contributed by atoms with van der Waals surface area (Å²) in [7, 11) is 0. The molecule has 0 atom stereocenters. The lowest BCUT2D eigenvalue weighted by atomic mass is 10.2. The highest BCUT2D eigenvalue weighted by Gasteiger charge is 2.19. The smallest absolute Gasteiger partial charge is 0.254 e. The van der Waals surface area contributed by atoms with Crippen molar-refractivity contribution in [1.82, 2.24) is 5.32 Å². The van der Waals surface area contributed by atoms with Crippen LogP contribution in [0.1, 0.15) is 23.2 Å². The van der Waals surface area contributed by atoms with Crippen molar-refractivity contribution in [2.75, 3.05) is 19.8 Å². The molecule has 110 valence electrons. The molecule has 2 rings (SSSR count). The Labute approximate surface area is 113 Å². The Morgan fingerprint density at radius 1 is 1.20 bits per heavy atom. The van der Waals surface area contributed by atoms with Gasteiger partial charge < -0.3 is 14.8 Å². The van der Waals surface area contributed by atoms with Crippen LogP contribution in [0.25, 0.3) is 0 Å². The lowest BCUT2D eigenvalue weighted by molar-refractivity contribution is -0.180. The zero-order chi connectivity index (χ0) is 14.5. The average molecular weight is 289 g/mol. The second kappa shape index (κ2) is 6.71. The zero-order valence-electron chi connectivity index (χ0n) is 10.6. The van der Waals surface area contributed by atoms with Crippen LogP contribution in [0.3, 0.4) is 0 Å². The lowest BCUT2D eigenvalue weighted by Crippen LogP contribution is -2.32. The topological polar surface area (TPSA) is 47.6 Å². The number of halogens is 3. The van der Waals surface area contributed by atoms with E-state index < -0.39 is 35.2 Å². The maximum atomic E-state index is 13.4. The summed E-state index contributed by atoms with van der Waals surface area (Å²) in [5.41, 5.74) is -0.533. The van der Waals surface area contributed by atoms with Gasteiger partial charge in [-0.3, -0.25) is 4.79 Å². The first-order valence-corrected chi connectivity index (χ1v) is 6.24. The van der Waals surface area contributed by atoms with Crippen LogP contribution in [-0.2, 0) is 9.47 Å². The highest BCUT2D eigenvalue weighted by molar-refractivity contribution is 5.94. The summed E-state index contributed by atoms with van der Waals surface area (Å²) in [5.74, 6) is -5.29. The molecule has 0 radical (unpaired) electrons. The third-order valence-electron chi connectivity index (χ3n) is 2.84. The minimum absolute atomic E-state index is 0.182. The number of rotatable bonds is 4. The summed E-state index contributed by atoms with van der Waals surface area (Å²) in [4.78, 5) is 11.6. The van der Waals surface area contributed by atoms with Crippen molar-refractivity contribution in [3.8, 4) is 0 Å². The second-order valence-electron chi connectivity index (χ2n) is 4.29. The molecule has 4 nitrogen and oxygen atoms in total. The SMILES string of the molecule is O=C(NCCC1OCCCO1)c1ccc(F)c(F)c1F. The number of carbonyl (C=O) groups excluding carboxylic acids is 1. The van der Waals surface area contributed by atoms with E-state index in [1.54, 1.807) is 0 Å². The third kappa shape index (κ3) is 3.49. The first-order chi connectivity index (χ1) is 9.59. The fourth-order valence-electron chi connectivity index (χ4n) is 1.80. The molecule has 0 saturated carbocycles. The highest BCUT2D eigenvalue weighted by Crippen LogP contribution is 2.15. The van der Waals surface area contributed by atoms with E-state index in [4.69, 9.17) is 9.47 Å². The maximum absolute atomic E-state index is 13.4. The molecule has 0 spiro atoms. The van der Waals surface area contributed by atoms with Crippen molar-refractivity contribution in [3.63, 3.8) is 0 Å². The largest absolute Gasteiger partial charge is 0.353 e. The fourth-order valence-corrected chi connectivity index (χ4v) is 1.80. The Hall–Kier alpha value is -1.60. The average Bonchev–Trinajstić information content (AvgIpc) is 2.46. The molecule has 1 aliphatic heterocycles. The van der Waals surface area contributed by atoms with E-state index in [9.17, 15) is 18.0 Å². The van der Waals surface area contributed by atoms with Gasteiger partial charge in [-0.15, -0.1) is 0 Å². The molecule has 1 amide bonds. The van der Waals surface area contributed by atoms with Crippen molar-refractivity contribution in [3.05, 3.63) is 35.1 Å². The number of amides is 1. The molecule has 0 bridgehead atoms. The Morgan fingerprint density at radius 2 is 1.90 bits per heavy atom. The van der Waals surface area contributed by atoms with Gasteiger partial charge in [0.25, 0.3) is 5.91 Å². The zero-order valence-corrected chi connectivity index (χ0v) is 10.6. The van der Waals surface area contributed by atoms with Gasteiger partial charge in [-0.2, -0.15) is 0 Å². The van der Waals surface area contributed by atoms with Gasteiger partial charge >= 0.3 is 0 Å². The van der Waals surface area contributed by atoms with Crippen LogP contribution in [0, 0.1) is 17.5 Å². The van der Waals surface area contributed by atoms with Gasteiger partial charge in [0.05, 0.1) is 18.8 Å². The Morgan fingerprint density at radius 3 is 2.60 bits per heavy atom. The number of ether oxygens (including phenoxy) is 2. The van der Waals surface area contributed by atoms with E-state index in [0.717, 1.165) is 12.5 Å². The van der Waals surface area contributed by atoms with E-state index in [-0.39, 0.29) is 6.54 Å². The Bertz CT molecular complexity index is 490. The van der Waals surface area contributed by atoms with Gasteiger partial charge in [-0.05, 0) is 18.6 Å². The minimum Gasteiger partial charge on any atom is -0.353 e. The second-order valence-corrected chi connectivity index (χ2v) is 4.29. The van der Waals surface area contributed by atoms with Crippen molar-refractivity contribution in [2.24, 2.45) is 0 Å². The van der Waals surface area contributed by atoms with E-state index in [1.165, 1.54) is 0 Å². The van der Waals surface area contributed by atoms with E-state index in [1.807, 2.05) is 0 Å². The number of hydrogen-bond acceptors (Lipinski definition) is 3. The molecule has 1 aromatic carbocycles. The van der Waals surface area contributed by atoms with Crippen molar-refractivity contribution < 1.29 is 27.4 Å². The molecular formula is C13H14F3NO3. The summed E-state index contributed by atoms with van der Waals surface area (Å²) in [6, 6.07) is 1.61. The first kappa shape index (κ1) is 14.8. The molecule has 0 aromatic heterocycles. The van der Waals surface area contributed by atoms with Crippen molar-refractivity contribution in [2.45, 2.75) is 19.1 Å². The molecule has 1 saturated heterocycles. The van der Waals surface area contributed by atoms with E-state index >= 15 is 0 Å². The predicted octanol–water partition coefficient (Wildman–Crippen LogP) is 1.99. The van der Waals surface area contributed by atoms with Crippen LogP contribution < -0.4 is 5.32 Å². The normalized spacial score (nSPS) is 16.1. The molecule has 1 aliphatic rings. The van der Waals surface area contributed by atoms with Crippen LogP contribution in [0.2, 0.25) is 0 Å². The fraction of sp³-hybridized carbons (Fsp3) is 0.462. The third-order valence-corrected chi connectivity index (χ3v) is 2.84. The summed E-state index contributed by atoms with van der Waals surface area (Å²) in [6.45, 7) is 1.37. The molecule has 1 fully saturated rings. The van der Waals surface area contributed by atoms with Crippen molar-refractivity contribution in [1.29, 1.82) is 0 Å². The van der Waals surface area contributed by atoms with Crippen molar-refractivity contribution >= 4 is 5.91 Å². The Kier molecular flexibility index (Phi) is 4.97. The monoisotopic (exact) mass is 289 g/mol. The lowest BCUT2D eigenvalue weighted by Gasteiger charge is -2.23. The van der Waals surface area contributed by atoms with E-state index in [0.29, 0.717) is 25.7 Å². The predicted molar refractivity (Wildman–Crippen MR) is 63.6 cm³/mol. The van der Waals surface area contributed by atoms with Gasteiger partial charge in [0, 0.05) is 13.0 Å². The molecule has 0 unspecified atom stereocenters. The first-order valence-electron chi connectivity index (χ1n) is 6.24. The summed E-state index contributed by atoms with van der Waals surface area (Å²) in [5, 5.41) is 2.41. The molecule has 1 aromatic rings. The maximum Gasteiger partial charge on any atom is 0.254 e. The van der Waals surface area contributed by atoms with Gasteiger partial charge in [0.15, 0.2) is 23.7 Å². The van der Waals surface area contributed by atoms with Gasteiger partial charge in [0.1, 0.15) is 0 Å². The standard InChI is InChI=1S/C13H14F3NO3/c14-9-3-2-8(11(15)12(9)16)13(18)17-5-4-10-19-6-1-7-20-10/h2-3,10H,1,4-7H2,(H,17,18). The quantitative estimate of drug-likeness (QED) is 0.862. The van der Waals surface area contributed by atoms with Crippen LogP contribution in [0.4, 0.5) is 13.2 Å². The molecule has 20 heavy (non-hydrogen) atoms. The van der Waals surface area contributed by atoms with Crippen LogP contribution in [-0.4, -0.2) is 32.0 Å². The number of carbonyl (C=O) groups is 1. The van der Waals surface area contributed by atoms with Crippen LogP contribution in [0.5, 0.6) is 0 Å². The molecule has 1 heterocycles. The van der Waals surface area contributed by atoms with Gasteiger partial charge in [-0.25, -0.2) is 13.2 Å². The summed E-state index contributed by atoms with van der Waals surface area (Å²) >= 11 is 0. The minimum atomic E-state index is -1.66. The number of nitrogens with one attached hydrogen (secondary N) is 1. The van der Waals surface area contributed by atoms with Gasteiger partial charge in [-0.1, -0.05) is 0 Å². The van der Waals surface area contributed by atoms with E-state index in [2.05, 4.69) is 5.32 Å². The molecule has 1 N–H and O–H groups in total. The number of benzene rings is 1. The van der Waals surface area contributed by atoms with Gasteiger partial charge in [0.2, 0.25) is 0 Å². The van der Waals surface area contributed by atoms with Crippen LogP contribution in [0.15, 0.2) is 12.1 Å². The molecule has 0 aliphatic carbocycles. The van der Waals surface area contributed by atoms with Crippen LogP contribution >= 0.6 is 0 Å². The molecule has 7 heteroatoms. The Balaban J connectivity index is 1.87. The highest BCUT2D eigenvalue weighted by atomic mass is 19.2. The summed E-state index contributed by atoms with van der Waals surface area (Å²) in [6.07, 6.45) is 0.818. The summed E-state index contributed by atoms with van der Waals surface area (Å²) < 4.78 is 49.6.